The number of carboxylic acids is 1. The van der Waals surface area contributed by atoms with E-state index in [4.69, 9.17) is 9.84 Å². The van der Waals surface area contributed by atoms with Crippen LogP contribution in [0.2, 0.25) is 0 Å². The van der Waals surface area contributed by atoms with Crippen molar-refractivity contribution in [3.8, 4) is 11.1 Å². The number of aliphatic carboxylic acids is 1. The lowest BCUT2D eigenvalue weighted by atomic mass is 10.1. The number of aromatic nitrogens is 2. The maximum absolute atomic E-state index is 14.1. The summed E-state index contributed by atoms with van der Waals surface area (Å²) in [6.07, 6.45) is 0.923. The average molecular weight is 354 g/mol. The van der Waals surface area contributed by atoms with Gasteiger partial charge in [-0.3, -0.25) is 18.7 Å². The minimum Gasteiger partial charge on any atom is -0.480 e. The van der Waals surface area contributed by atoms with E-state index in [1.165, 1.54) is 26.2 Å². The fourth-order valence-corrected chi connectivity index (χ4v) is 2.48. The number of ether oxygens (including phenoxy) is 1. The molecule has 0 aliphatic heterocycles. The van der Waals surface area contributed by atoms with Crippen molar-refractivity contribution in [1.29, 1.82) is 0 Å². The number of rotatable bonds is 6. The van der Waals surface area contributed by atoms with E-state index >= 15 is 0 Å². The molecule has 0 aliphatic carbocycles. The fourth-order valence-electron chi connectivity index (χ4n) is 2.48. The lowest BCUT2D eigenvalue weighted by Crippen LogP contribution is -2.43. The molecule has 1 aromatic heterocycles. The van der Waals surface area contributed by atoms with E-state index in [2.05, 4.69) is 0 Å². The first-order chi connectivity index (χ1) is 11.8. The SMILES string of the molecule is COCC(C)n1c(=O)c(-c2cccc(F)c2F)cn(CC(=O)O)c1=O. The van der Waals surface area contributed by atoms with Gasteiger partial charge in [0.25, 0.3) is 5.56 Å². The highest BCUT2D eigenvalue weighted by Gasteiger charge is 2.21. The maximum Gasteiger partial charge on any atom is 0.331 e. The van der Waals surface area contributed by atoms with Crippen LogP contribution in [-0.2, 0) is 16.1 Å². The molecule has 1 aromatic carbocycles. The van der Waals surface area contributed by atoms with E-state index in [9.17, 15) is 23.2 Å². The van der Waals surface area contributed by atoms with Crippen LogP contribution in [-0.4, -0.2) is 33.9 Å². The summed E-state index contributed by atoms with van der Waals surface area (Å²) in [6, 6.07) is 2.54. The number of hydrogen-bond donors (Lipinski definition) is 1. The summed E-state index contributed by atoms with van der Waals surface area (Å²) in [5.74, 6) is -3.74. The molecular formula is C16H16F2N2O5. The maximum atomic E-state index is 14.1. The van der Waals surface area contributed by atoms with Crippen molar-refractivity contribution in [2.45, 2.75) is 19.5 Å². The first kappa shape index (κ1) is 18.5. The normalized spacial score (nSPS) is 12.2. The third-order valence-electron chi connectivity index (χ3n) is 3.58. The van der Waals surface area contributed by atoms with E-state index in [0.29, 0.717) is 0 Å². The number of carboxylic acid groups (broad SMARTS) is 1. The van der Waals surface area contributed by atoms with Gasteiger partial charge < -0.3 is 9.84 Å². The number of benzene rings is 1. The van der Waals surface area contributed by atoms with Crippen LogP contribution in [0.3, 0.4) is 0 Å². The van der Waals surface area contributed by atoms with Gasteiger partial charge in [-0.2, -0.15) is 0 Å². The fraction of sp³-hybridized carbons (Fsp3) is 0.312. The van der Waals surface area contributed by atoms with Crippen LogP contribution in [0, 0.1) is 11.6 Å². The van der Waals surface area contributed by atoms with Crippen molar-refractivity contribution in [3.05, 3.63) is 56.9 Å². The molecule has 2 rings (SSSR count). The van der Waals surface area contributed by atoms with Crippen molar-refractivity contribution in [2.75, 3.05) is 13.7 Å². The second-order valence-corrected chi connectivity index (χ2v) is 5.43. The first-order valence-corrected chi connectivity index (χ1v) is 7.29. The molecule has 7 nitrogen and oxygen atoms in total. The second kappa shape index (κ2) is 7.39. The van der Waals surface area contributed by atoms with E-state index in [-0.39, 0.29) is 17.7 Å². The lowest BCUT2D eigenvalue weighted by molar-refractivity contribution is -0.137. The first-order valence-electron chi connectivity index (χ1n) is 7.29. The molecule has 1 heterocycles. The lowest BCUT2D eigenvalue weighted by Gasteiger charge is -2.17. The third-order valence-corrected chi connectivity index (χ3v) is 3.58. The van der Waals surface area contributed by atoms with Gasteiger partial charge >= 0.3 is 11.7 Å². The Morgan fingerprint density at radius 2 is 1.96 bits per heavy atom. The number of carbonyl (C=O) groups is 1. The average Bonchev–Trinajstić information content (AvgIpc) is 2.53. The molecule has 9 heteroatoms. The van der Waals surface area contributed by atoms with Crippen LogP contribution in [0.15, 0.2) is 34.0 Å². The third kappa shape index (κ3) is 3.66. The van der Waals surface area contributed by atoms with Crippen LogP contribution in [0.1, 0.15) is 13.0 Å². The van der Waals surface area contributed by atoms with Gasteiger partial charge in [0, 0.05) is 18.9 Å². The summed E-state index contributed by atoms with van der Waals surface area (Å²) in [5.41, 5.74) is -2.42. The summed E-state index contributed by atoms with van der Waals surface area (Å²) < 4.78 is 34.0. The van der Waals surface area contributed by atoms with Crippen LogP contribution in [0.4, 0.5) is 8.78 Å². The number of hydrogen-bond acceptors (Lipinski definition) is 4. The molecule has 0 radical (unpaired) electrons. The Balaban J connectivity index is 2.82. The highest BCUT2D eigenvalue weighted by atomic mass is 19.2. The highest BCUT2D eigenvalue weighted by molar-refractivity contribution is 5.67. The molecule has 0 fully saturated rings. The zero-order chi connectivity index (χ0) is 18.7. The molecule has 2 aromatic rings. The van der Waals surface area contributed by atoms with Gasteiger partial charge in [-0.1, -0.05) is 12.1 Å². The van der Waals surface area contributed by atoms with E-state index in [0.717, 1.165) is 21.4 Å². The monoisotopic (exact) mass is 354 g/mol. The van der Waals surface area contributed by atoms with Gasteiger partial charge in [-0.05, 0) is 13.0 Å². The number of halogens is 2. The summed E-state index contributed by atoms with van der Waals surface area (Å²) in [6.45, 7) is 0.781. The Morgan fingerprint density at radius 3 is 2.56 bits per heavy atom. The predicted molar refractivity (Wildman–Crippen MR) is 84.5 cm³/mol. The minimum atomic E-state index is -1.32. The van der Waals surface area contributed by atoms with Gasteiger partial charge in [-0.15, -0.1) is 0 Å². The minimum absolute atomic E-state index is 0.00267. The zero-order valence-corrected chi connectivity index (χ0v) is 13.5. The molecule has 1 N–H and O–H groups in total. The Hall–Kier alpha value is -2.81. The molecule has 25 heavy (non-hydrogen) atoms. The van der Waals surface area contributed by atoms with Gasteiger partial charge in [0.2, 0.25) is 0 Å². The molecule has 0 amide bonds. The van der Waals surface area contributed by atoms with E-state index in [1.807, 2.05) is 0 Å². The topological polar surface area (TPSA) is 90.5 Å². The molecule has 1 atom stereocenters. The summed E-state index contributed by atoms with van der Waals surface area (Å²) in [5, 5.41) is 8.95. The van der Waals surface area contributed by atoms with E-state index in [1.54, 1.807) is 0 Å². The number of nitrogens with zero attached hydrogens (tertiary/aromatic N) is 2. The summed E-state index contributed by atoms with van der Waals surface area (Å²) in [7, 11) is 1.37. The van der Waals surface area contributed by atoms with Crippen molar-refractivity contribution in [1.82, 2.24) is 9.13 Å². The molecule has 0 saturated heterocycles. The quantitative estimate of drug-likeness (QED) is 0.843. The Morgan fingerprint density at radius 1 is 1.28 bits per heavy atom. The van der Waals surface area contributed by atoms with Crippen LogP contribution >= 0.6 is 0 Å². The van der Waals surface area contributed by atoms with Crippen molar-refractivity contribution in [3.63, 3.8) is 0 Å². The zero-order valence-electron chi connectivity index (χ0n) is 13.5. The standard InChI is InChI=1S/C16H16F2N2O5/c1-9(8-25-2)20-15(23)11(6-19(16(20)24)7-13(21)22)10-4-3-5-12(17)14(10)18/h3-6,9H,7-8H2,1-2H3,(H,21,22). The Labute approximate surface area is 140 Å². The summed E-state index contributed by atoms with van der Waals surface area (Å²) in [4.78, 5) is 36.1. The van der Waals surface area contributed by atoms with Gasteiger partial charge in [0.1, 0.15) is 6.54 Å². The highest BCUT2D eigenvalue weighted by Crippen LogP contribution is 2.21. The number of methoxy groups -OCH3 is 1. The molecule has 0 aliphatic rings. The van der Waals surface area contributed by atoms with Gasteiger partial charge in [0.05, 0.1) is 18.2 Å². The Kier molecular flexibility index (Phi) is 5.48. The second-order valence-electron chi connectivity index (χ2n) is 5.43. The predicted octanol–water partition coefficient (Wildman–Crippen LogP) is 1.25. The van der Waals surface area contributed by atoms with Crippen LogP contribution in [0.5, 0.6) is 0 Å². The van der Waals surface area contributed by atoms with E-state index < -0.39 is 41.4 Å². The van der Waals surface area contributed by atoms with Crippen molar-refractivity contribution in [2.24, 2.45) is 0 Å². The molecule has 0 bridgehead atoms. The molecule has 0 spiro atoms. The molecular weight excluding hydrogens is 338 g/mol. The Bertz CT molecular complexity index is 920. The van der Waals surface area contributed by atoms with Gasteiger partial charge in [0.15, 0.2) is 11.6 Å². The van der Waals surface area contributed by atoms with Crippen LogP contribution < -0.4 is 11.2 Å². The molecule has 134 valence electrons. The van der Waals surface area contributed by atoms with Gasteiger partial charge in [-0.25, -0.2) is 13.6 Å². The molecule has 0 saturated carbocycles. The molecule has 1 unspecified atom stereocenters. The van der Waals surface area contributed by atoms with Crippen molar-refractivity contribution < 1.29 is 23.4 Å². The smallest absolute Gasteiger partial charge is 0.331 e. The van der Waals surface area contributed by atoms with Crippen LogP contribution in [0.25, 0.3) is 11.1 Å². The van der Waals surface area contributed by atoms with Crippen molar-refractivity contribution >= 4 is 5.97 Å². The summed E-state index contributed by atoms with van der Waals surface area (Å²) >= 11 is 0. The largest absolute Gasteiger partial charge is 0.480 e.